The van der Waals surface area contributed by atoms with Crippen molar-refractivity contribution in [1.29, 1.82) is 0 Å². The summed E-state index contributed by atoms with van der Waals surface area (Å²) in [7, 11) is 1.85. The summed E-state index contributed by atoms with van der Waals surface area (Å²) in [4.78, 5) is 16.4. The van der Waals surface area contributed by atoms with Crippen molar-refractivity contribution in [1.82, 2.24) is 15.6 Å². The van der Waals surface area contributed by atoms with E-state index in [-0.39, 0.29) is 11.9 Å². The maximum absolute atomic E-state index is 12.3. The van der Waals surface area contributed by atoms with Crippen molar-refractivity contribution in [3.8, 4) is 11.6 Å². The molecule has 0 bridgehead atoms. The van der Waals surface area contributed by atoms with Crippen molar-refractivity contribution in [3.63, 3.8) is 0 Å². The molecule has 5 nitrogen and oxygen atoms in total. The van der Waals surface area contributed by atoms with Gasteiger partial charge in [-0.2, -0.15) is 0 Å². The van der Waals surface area contributed by atoms with Crippen LogP contribution in [0.1, 0.15) is 17.3 Å². The number of nitrogens with zero attached hydrogens (tertiary/aromatic N) is 1. The normalized spacial score (nSPS) is 11.8. The number of aromatic nitrogens is 1. The standard InChI is InChI=1S/C16H18BrN3O2/c1-11(18-2)10-20-15(21)14-4-3-9-19-16(14)22-13-7-5-12(17)6-8-13/h3-9,11,18H,10H2,1-2H3,(H,20,21). The summed E-state index contributed by atoms with van der Waals surface area (Å²) < 4.78 is 6.67. The molecule has 2 rings (SSSR count). The summed E-state index contributed by atoms with van der Waals surface area (Å²) in [6.07, 6.45) is 1.60. The van der Waals surface area contributed by atoms with Crippen LogP contribution in [0.4, 0.5) is 0 Å². The second-order valence-corrected chi connectivity index (χ2v) is 5.73. The lowest BCUT2D eigenvalue weighted by molar-refractivity contribution is 0.0947. The predicted molar refractivity (Wildman–Crippen MR) is 89.3 cm³/mol. The van der Waals surface area contributed by atoms with Gasteiger partial charge in [-0.25, -0.2) is 4.98 Å². The number of halogens is 1. The van der Waals surface area contributed by atoms with Gasteiger partial charge in [-0.3, -0.25) is 4.79 Å². The van der Waals surface area contributed by atoms with Crippen LogP contribution < -0.4 is 15.4 Å². The maximum atomic E-state index is 12.3. The van der Waals surface area contributed by atoms with E-state index in [1.165, 1.54) is 0 Å². The van der Waals surface area contributed by atoms with Gasteiger partial charge in [0.05, 0.1) is 0 Å². The average Bonchev–Trinajstić information content (AvgIpc) is 2.55. The second-order valence-electron chi connectivity index (χ2n) is 4.81. The summed E-state index contributed by atoms with van der Waals surface area (Å²) in [5.74, 6) is 0.710. The van der Waals surface area contributed by atoms with Crippen LogP contribution in [0.5, 0.6) is 11.6 Å². The third-order valence-corrected chi connectivity index (χ3v) is 3.63. The van der Waals surface area contributed by atoms with Crippen LogP contribution in [0, 0.1) is 0 Å². The molecule has 1 aromatic carbocycles. The van der Waals surface area contributed by atoms with Crippen LogP contribution in [0.15, 0.2) is 47.1 Å². The van der Waals surface area contributed by atoms with E-state index in [0.717, 1.165) is 4.47 Å². The van der Waals surface area contributed by atoms with E-state index >= 15 is 0 Å². The topological polar surface area (TPSA) is 63.2 Å². The van der Waals surface area contributed by atoms with E-state index < -0.39 is 0 Å². The second kappa shape index (κ2) is 7.91. The molecule has 0 radical (unpaired) electrons. The fourth-order valence-electron chi connectivity index (χ4n) is 1.70. The zero-order valence-electron chi connectivity index (χ0n) is 12.5. The average molecular weight is 364 g/mol. The van der Waals surface area contributed by atoms with Gasteiger partial charge in [0.2, 0.25) is 5.88 Å². The Bertz CT molecular complexity index is 632. The third kappa shape index (κ3) is 4.54. The van der Waals surface area contributed by atoms with Crippen LogP contribution in [0.25, 0.3) is 0 Å². The molecular formula is C16H18BrN3O2. The van der Waals surface area contributed by atoms with Crippen molar-refractivity contribution < 1.29 is 9.53 Å². The van der Waals surface area contributed by atoms with Crippen molar-refractivity contribution in [2.24, 2.45) is 0 Å². The number of hydrogen-bond donors (Lipinski definition) is 2. The first-order chi connectivity index (χ1) is 10.6. The van der Waals surface area contributed by atoms with Gasteiger partial charge in [-0.1, -0.05) is 15.9 Å². The van der Waals surface area contributed by atoms with Crippen molar-refractivity contribution in [3.05, 3.63) is 52.6 Å². The number of likely N-dealkylation sites (N-methyl/N-ethyl adjacent to an activating group) is 1. The molecule has 0 aliphatic rings. The fraction of sp³-hybridized carbons (Fsp3) is 0.250. The Morgan fingerprint density at radius 2 is 2.05 bits per heavy atom. The Balaban J connectivity index is 2.12. The molecule has 1 amide bonds. The highest BCUT2D eigenvalue weighted by Gasteiger charge is 2.14. The van der Waals surface area contributed by atoms with Gasteiger partial charge in [0, 0.05) is 23.3 Å². The summed E-state index contributed by atoms with van der Waals surface area (Å²) in [6.45, 7) is 2.52. The van der Waals surface area contributed by atoms with Crippen molar-refractivity contribution in [2.45, 2.75) is 13.0 Å². The van der Waals surface area contributed by atoms with Gasteiger partial charge in [-0.05, 0) is 50.4 Å². The Morgan fingerprint density at radius 1 is 1.32 bits per heavy atom. The van der Waals surface area contributed by atoms with Crippen LogP contribution in [0.3, 0.4) is 0 Å². The quantitative estimate of drug-likeness (QED) is 0.827. The minimum atomic E-state index is -0.206. The van der Waals surface area contributed by atoms with Crippen molar-refractivity contribution >= 4 is 21.8 Å². The molecule has 2 N–H and O–H groups in total. The molecule has 22 heavy (non-hydrogen) atoms. The Hall–Kier alpha value is -1.92. The number of pyridine rings is 1. The monoisotopic (exact) mass is 363 g/mol. The highest BCUT2D eigenvalue weighted by atomic mass is 79.9. The number of benzene rings is 1. The predicted octanol–water partition coefficient (Wildman–Crippen LogP) is 2.97. The molecule has 0 fully saturated rings. The van der Waals surface area contributed by atoms with E-state index in [4.69, 9.17) is 4.74 Å². The summed E-state index contributed by atoms with van der Waals surface area (Å²) >= 11 is 3.37. The number of carbonyl (C=O) groups excluding carboxylic acids is 1. The third-order valence-electron chi connectivity index (χ3n) is 3.11. The molecule has 1 atom stereocenters. The summed E-state index contributed by atoms with van der Waals surface area (Å²) in [5.41, 5.74) is 0.411. The molecule has 6 heteroatoms. The molecule has 2 aromatic rings. The lowest BCUT2D eigenvalue weighted by atomic mass is 10.2. The zero-order valence-corrected chi connectivity index (χ0v) is 14.1. The van der Waals surface area contributed by atoms with E-state index in [2.05, 4.69) is 31.5 Å². The number of rotatable bonds is 6. The molecule has 1 heterocycles. The van der Waals surface area contributed by atoms with E-state index in [9.17, 15) is 4.79 Å². The molecule has 1 aromatic heterocycles. The number of nitrogens with one attached hydrogen (secondary N) is 2. The van der Waals surface area contributed by atoms with E-state index in [1.807, 2.05) is 38.2 Å². The first-order valence-corrected chi connectivity index (χ1v) is 7.73. The molecule has 116 valence electrons. The minimum Gasteiger partial charge on any atom is -0.438 e. The molecule has 0 aliphatic heterocycles. The smallest absolute Gasteiger partial charge is 0.256 e. The minimum absolute atomic E-state index is 0.191. The van der Waals surface area contributed by atoms with Gasteiger partial charge < -0.3 is 15.4 Å². The largest absolute Gasteiger partial charge is 0.438 e. The summed E-state index contributed by atoms with van der Waals surface area (Å²) in [6, 6.07) is 11.0. The van der Waals surface area contributed by atoms with Gasteiger partial charge >= 0.3 is 0 Å². The van der Waals surface area contributed by atoms with Crippen LogP contribution >= 0.6 is 15.9 Å². The first kappa shape index (κ1) is 16.5. The van der Waals surface area contributed by atoms with Gasteiger partial charge in [0.1, 0.15) is 11.3 Å². The molecule has 0 spiro atoms. The molecule has 1 unspecified atom stereocenters. The van der Waals surface area contributed by atoms with Crippen LogP contribution in [-0.4, -0.2) is 30.5 Å². The highest BCUT2D eigenvalue weighted by molar-refractivity contribution is 9.10. The van der Waals surface area contributed by atoms with Gasteiger partial charge in [0.25, 0.3) is 5.91 Å². The number of ether oxygens (including phenoxy) is 1. The maximum Gasteiger partial charge on any atom is 0.256 e. The van der Waals surface area contributed by atoms with Gasteiger partial charge in [-0.15, -0.1) is 0 Å². The number of hydrogen-bond acceptors (Lipinski definition) is 4. The fourth-order valence-corrected chi connectivity index (χ4v) is 1.97. The van der Waals surface area contributed by atoms with Crippen LogP contribution in [-0.2, 0) is 0 Å². The Kier molecular flexibility index (Phi) is 5.91. The number of amides is 1. The van der Waals surface area contributed by atoms with Crippen molar-refractivity contribution in [2.75, 3.05) is 13.6 Å². The molecule has 0 saturated heterocycles. The molecule has 0 aliphatic carbocycles. The van der Waals surface area contributed by atoms with E-state index in [1.54, 1.807) is 18.3 Å². The molecular weight excluding hydrogens is 346 g/mol. The highest BCUT2D eigenvalue weighted by Crippen LogP contribution is 2.24. The zero-order chi connectivity index (χ0) is 15.9. The van der Waals surface area contributed by atoms with E-state index in [0.29, 0.717) is 23.7 Å². The lowest BCUT2D eigenvalue weighted by Crippen LogP contribution is -2.37. The van der Waals surface area contributed by atoms with Gasteiger partial charge in [0.15, 0.2) is 0 Å². The number of carbonyl (C=O) groups is 1. The lowest BCUT2D eigenvalue weighted by Gasteiger charge is -2.13. The van der Waals surface area contributed by atoms with Crippen LogP contribution in [0.2, 0.25) is 0 Å². The summed E-state index contributed by atoms with van der Waals surface area (Å²) in [5, 5.41) is 5.92. The SMILES string of the molecule is CNC(C)CNC(=O)c1cccnc1Oc1ccc(Br)cc1. The first-order valence-electron chi connectivity index (χ1n) is 6.94. The Morgan fingerprint density at radius 3 is 2.73 bits per heavy atom. The Labute approximate surface area is 138 Å². The molecule has 0 saturated carbocycles.